The van der Waals surface area contributed by atoms with E-state index in [0.29, 0.717) is 37.1 Å². The fourth-order valence-electron chi connectivity index (χ4n) is 7.31. The number of amides is 4. The monoisotopic (exact) mass is 731 g/mol. The molecule has 1 unspecified atom stereocenters. The van der Waals surface area contributed by atoms with Gasteiger partial charge in [0.1, 0.15) is 11.4 Å². The molecular weight excluding hydrogens is 679 g/mol. The van der Waals surface area contributed by atoms with Gasteiger partial charge in [0.15, 0.2) is 5.13 Å². The number of ether oxygens (including phenoxy) is 2. The van der Waals surface area contributed by atoms with Crippen molar-refractivity contribution in [2.75, 3.05) is 36.5 Å². The molecule has 0 bridgehead atoms. The molecule has 0 aliphatic carbocycles. The van der Waals surface area contributed by atoms with Crippen LogP contribution in [0.25, 0.3) is 11.3 Å². The summed E-state index contributed by atoms with van der Waals surface area (Å²) in [6, 6.07) is 15.1. The third-order valence-electron chi connectivity index (χ3n) is 9.56. The van der Waals surface area contributed by atoms with E-state index < -0.39 is 22.0 Å². The number of carbonyl (C=O) groups is 4. The van der Waals surface area contributed by atoms with Gasteiger partial charge in [0.05, 0.1) is 24.8 Å². The first-order chi connectivity index (χ1) is 24.3. The Hall–Kier alpha value is -4.29. The van der Waals surface area contributed by atoms with Crippen molar-refractivity contribution in [1.82, 2.24) is 15.6 Å². The quantitative estimate of drug-likeness (QED) is 0.165. The second kappa shape index (κ2) is 15.4. The molecule has 4 amide bonds. The van der Waals surface area contributed by atoms with E-state index >= 15 is 0 Å². The van der Waals surface area contributed by atoms with Gasteiger partial charge in [0, 0.05) is 58.9 Å². The number of morpholine rings is 1. The van der Waals surface area contributed by atoms with Crippen LogP contribution < -0.4 is 25.6 Å². The standard InChI is InChI=1S/C40H53N5O6S/c1-37(2,34(48)41-28-13-9-26(10-14-28)30-17-18-32(46)43-33(30)47)24-39(5,6)44-35(49)38(3,4)25-40(7,8)51-29-15-11-27(12-16-29)31-23-52-36(42-31)45-19-21-50-22-20-45/h9-16,23,30H,17-22,24-25H2,1-8H3,(H,41,48)(H,44,49)(H,43,46,47). The molecule has 1 atom stereocenters. The van der Waals surface area contributed by atoms with Gasteiger partial charge in [-0.15, -0.1) is 11.3 Å². The Labute approximate surface area is 311 Å². The summed E-state index contributed by atoms with van der Waals surface area (Å²) in [7, 11) is 0. The molecule has 2 aliphatic heterocycles. The Balaban J connectivity index is 1.13. The van der Waals surface area contributed by atoms with Crippen LogP contribution >= 0.6 is 11.3 Å². The zero-order valence-electron chi connectivity index (χ0n) is 31.7. The smallest absolute Gasteiger partial charge is 0.234 e. The number of rotatable bonds is 13. The van der Waals surface area contributed by atoms with Gasteiger partial charge in [-0.2, -0.15) is 0 Å². The molecule has 52 heavy (non-hydrogen) atoms. The average Bonchev–Trinajstić information content (AvgIpc) is 3.55. The Morgan fingerprint density at radius 2 is 1.54 bits per heavy atom. The third kappa shape index (κ3) is 9.97. The van der Waals surface area contributed by atoms with Crippen LogP contribution in [-0.2, 0) is 23.9 Å². The highest BCUT2D eigenvalue weighted by Crippen LogP contribution is 2.36. The summed E-state index contributed by atoms with van der Waals surface area (Å²) in [6.45, 7) is 18.5. The lowest BCUT2D eigenvalue weighted by Crippen LogP contribution is -2.53. The number of nitrogens with one attached hydrogen (secondary N) is 3. The second-order valence-corrected chi connectivity index (χ2v) is 17.4. The molecule has 0 saturated carbocycles. The van der Waals surface area contributed by atoms with Gasteiger partial charge in [-0.3, -0.25) is 24.5 Å². The number of imide groups is 1. The maximum atomic E-state index is 13.7. The summed E-state index contributed by atoms with van der Waals surface area (Å²) in [5, 5.41) is 11.7. The highest BCUT2D eigenvalue weighted by Gasteiger charge is 2.41. The van der Waals surface area contributed by atoms with Crippen LogP contribution in [0.3, 0.4) is 0 Å². The second-order valence-electron chi connectivity index (χ2n) is 16.5. The molecular formula is C40H53N5O6S. The van der Waals surface area contributed by atoms with Gasteiger partial charge in [0.25, 0.3) is 0 Å². The number of aromatic nitrogens is 1. The number of thiazole rings is 1. The van der Waals surface area contributed by atoms with Crippen molar-refractivity contribution < 1.29 is 28.7 Å². The van der Waals surface area contributed by atoms with Crippen LogP contribution in [0.5, 0.6) is 5.75 Å². The van der Waals surface area contributed by atoms with E-state index in [1.165, 1.54) is 0 Å². The normalized spacial score (nSPS) is 17.4. The fraction of sp³-hybridized carbons (Fsp3) is 0.525. The maximum absolute atomic E-state index is 13.7. The van der Waals surface area contributed by atoms with E-state index in [9.17, 15) is 19.2 Å². The van der Waals surface area contributed by atoms with Crippen molar-refractivity contribution in [1.29, 1.82) is 0 Å². The van der Waals surface area contributed by atoms with E-state index in [-0.39, 0.29) is 29.5 Å². The van der Waals surface area contributed by atoms with Gasteiger partial charge in [-0.1, -0.05) is 39.8 Å². The summed E-state index contributed by atoms with van der Waals surface area (Å²) in [5.41, 5.74) is 0.419. The molecule has 2 aliphatic rings. The summed E-state index contributed by atoms with van der Waals surface area (Å²) in [5.74, 6) is -0.529. The molecule has 2 fully saturated rings. The minimum Gasteiger partial charge on any atom is -0.488 e. The van der Waals surface area contributed by atoms with Crippen LogP contribution in [0.2, 0.25) is 0 Å². The largest absolute Gasteiger partial charge is 0.488 e. The van der Waals surface area contributed by atoms with Crippen molar-refractivity contribution in [3.05, 3.63) is 59.5 Å². The minimum atomic E-state index is -0.819. The Kier molecular flexibility index (Phi) is 11.5. The number of carbonyl (C=O) groups excluding carboxylic acids is 4. The fourth-order valence-corrected chi connectivity index (χ4v) is 8.20. The summed E-state index contributed by atoms with van der Waals surface area (Å²) in [4.78, 5) is 58.1. The molecule has 3 N–H and O–H groups in total. The van der Waals surface area contributed by atoms with E-state index in [4.69, 9.17) is 14.5 Å². The molecule has 3 aromatic rings. The Morgan fingerprint density at radius 3 is 2.17 bits per heavy atom. The molecule has 11 nitrogen and oxygen atoms in total. The maximum Gasteiger partial charge on any atom is 0.234 e. The van der Waals surface area contributed by atoms with Gasteiger partial charge in [-0.05, 0) is 82.5 Å². The minimum absolute atomic E-state index is 0.121. The molecule has 0 radical (unpaired) electrons. The average molecular weight is 732 g/mol. The molecule has 1 aromatic heterocycles. The predicted molar refractivity (Wildman–Crippen MR) is 205 cm³/mol. The van der Waals surface area contributed by atoms with Gasteiger partial charge in [-0.25, -0.2) is 4.98 Å². The van der Waals surface area contributed by atoms with E-state index in [1.54, 1.807) is 35.6 Å². The summed E-state index contributed by atoms with van der Waals surface area (Å²) >= 11 is 1.64. The number of hydrogen-bond acceptors (Lipinski definition) is 9. The van der Waals surface area contributed by atoms with E-state index in [2.05, 4.69) is 26.2 Å². The number of nitrogens with zero attached hydrogens (tertiary/aromatic N) is 2. The van der Waals surface area contributed by atoms with Gasteiger partial charge < -0.3 is 25.0 Å². The molecule has 280 valence electrons. The molecule has 2 aromatic carbocycles. The van der Waals surface area contributed by atoms with Crippen LogP contribution in [-0.4, -0.2) is 66.1 Å². The van der Waals surface area contributed by atoms with E-state index in [0.717, 1.165) is 48.3 Å². The van der Waals surface area contributed by atoms with Gasteiger partial charge >= 0.3 is 0 Å². The van der Waals surface area contributed by atoms with Crippen LogP contribution in [0, 0.1) is 10.8 Å². The van der Waals surface area contributed by atoms with Crippen molar-refractivity contribution in [2.24, 2.45) is 10.8 Å². The highest BCUT2D eigenvalue weighted by atomic mass is 32.1. The molecule has 12 heteroatoms. The van der Waals surface area contributed by atoms with Crippen LogP contribution in [0.4, 0.5) is 10.8 Å². The lowest BCUT2D eigenvalue weighted by atomic mass is 9.77. The SMILES string of the molecule is CC(C)(CC(C)(C)C(=O)Nc1ccc(C2CCC(=O)NC2=O)cc1)NC(=O)C(C)(C)CC(C)(C)Oc1ccc(-c2csc(N3CCOCC3)n2)cc1. The number of hydrogen-bond donors (Lipinski definition) is 3. The topological polar surface area (TPSA) is 139 Å². The molecule has 3 heterocycles. The predicted octanol–water partition coefficient (Wildman–Crippen LogP) is 6.69. The number of anilines is 2. The number of piperidine rings is 1. The first-order valence-electron chi connectivity index (χ1n) is 18.0. The summed E-state index contributed by atoms with van der Waals surface area (Å²) in [6.07, 6.45) is 1.61. The number of benzene rings is 2. The third-order valence-corrected chi connectivity index (χ3v) is 10.5. The Morgan fingerprint density at radius 1 is 0.904 bits per heavy atom. The molecule has 5 rings (SSSR count). The lowest BCUT2D eigenvalue weighted by molar-refractivity contribution is -0.135. The van der Waals surface area contributed by atoms with Crippen molar-refractivity contribution in [3.63, 3.8) is 0 Å². The van der Waals surface area contributed by atoms with Crippen molar-refractivity contribution in [3.8, 4) is 17.0 Å². The van der Waals surface area contributed by atoms with Crippen LogP contribution in [0.1, 0.15) is 92.6 Å². The Bertz CT molecular complexity index is 1760. The van der Waals surface area contributed by atoms with Crippen molar-refractivity contribution >= 4 is 45.8 Å². The van der Waals surface area contributed by atoms with Gasteiger partial charge in [0.2, 0.25) is 23.6 Å². The zero-order chi connectivity index (χ0) is 37.9. The lowest BCUT2D eigenvalue weighted by Gasteiger charge is -2.39. The van der Waals surface area contributed by atoms with Crippen molar-refractivity contribution in [2.45, 2.75) is 98.1 Å². The van der Waals surface area contributed by atoms with E-state index in [1.807, 2.05) is 79.7 Å². The molecule has 2 saturated heterocycles. The first-order valence-corrected chi connectivity index (χ1v) is 18.9. The summed E-state index contributed by atoms with van der Waals surface area (Å²) < 4.78 is 11.9. The molecule has 0 spiro atoms. The van der Waals surface area contributed by atoms with Crippen LogP contribution in [0.15, 0.2) is 53.9 Å². The zero-order valence-corrected chi connectivity index (χ0v) is 32.5. The first kappa shape index (κ1) is 38.9. The highest BCUT2D eigenvalue weighted by molar-refractivity contribution is 7.14.